The Balaban J connectivity index is 1.56. The van der Waals surface area contributed by atoms with Crippen LogP contribution in [-0.4, -0.2) is 53.9 Å². The number of halogens is 2. The van der Waals surface area contributed by atoms with Crippen molar-refractivity contribution in [1.29, 1.82) is 0 Å². The van der Waals surface area contributed by atoms with Crippen LogP contribution in [0.5, 0.6) is 11.5 Å². The molecule has 0 saturated heterocycles. The molecule has 1 heterocycles. The lowest BCUT2D eigenvalue weighted by Crippen LogP contribution is -2.50. The molecule has 41 heavy (non-hydrogen) atoms. The molecule has 0 spiro atoms. The molecule has 214 valence electrons. The van der Waals surface area contributed by atoms with Crippen LogP contribution in [0.1, 0.15) is 34.5 Å². The predicted octanol–water partition coefficient (Wildman–Crippen LogP) is 4.64. The number of amides is 3. The van der Waals surface area contributed by atoms with E-state index in [0.717, 1.165) is 4.90 Å². The predicted molar refractivity (Wildman–Crippen MR) is 150 cm³/mol. The summed E-state index contributed by atoms with van der Waals surface area (Å²) in [5.74, 6) is -1.64. The number of imide groups is 1. The van der Waals surface area contributed by atoms with Crippen molar-refractivity contribution in [3.63, 3.8) is 0 Å². The van der Waals surface area contributed by atoms with Crippen LogP contribution >= 0.6 is 11.6 Å². The van der Waals surface area contributed by atoms with E-state index >= 15 is 0 Å². The Morgan fingerprint density at radius 2 is 1.85 bits per heavy atom. The number of aliphatic imine (C=N–C) groups is 1. The van der Waals surface area contributed by atoms with E-state index in [1.165, 1.54) is 43.5 Å². The number of hydrogen-bond donors (Lipinski definition) is 3. The summed E-state index contributed by atoms with van der Waals surface area (Å²) in [4.78, 5) is 49.4. The Morgan fingerprint density at radius 3 is 2.51 bits per heavy atom. The van der Waals surface area contributed by atoms with Crippen LogP contribution in [0, 0.1) is 11.7 Å². The highest BCUT2D eigenvalue weighted by Crippen LogP contribution is 2.27. The SMILES string of the molecule is COc1ccc(Cl)cc1C[C@@H]1CN=C(NOc2ccc(F)cc2)CN(C(=O)N[C@H](C)c2ccc(C(=O)O)cc2)C1=O. The number of hydroxylamine groups is 1. The number of carboxylic acid groups (broad SMARTS) is 1. The van der Waals surface area contributed by atoms with Gasteiger partial charge < -0.3 is 20.0 Å². The van der Waals surface area contributed by atoms with E-state index in [0.29, 0.717) is 27.6 Å². The van der Waals surface area contributed by atoms with E-state index in [1.54, 1.807) is 37.3 Å². The van der Waals surface area contributed by atoms with Crippen molar-refractivity contribution in [2.75, 3.05) is 20.2 Å². The molecule has 10 nitrogen and oxygen atoms in total. The van der Waals surface area contributed by atoms with Crippen molar-refractivity contribution in [2.45, 2.75) is 19.4 Å². The Kier molecular flexibility index (Phi) is 9.41. The molecule has 3 amide bonds. The maximum atomic E-state index is 13.7. The van der Waals surface area contributed by atoms with Crippen molar-refractivity contribution in [3.05, 3.63) is 94.3 Å². The minimum atomic E-state index is -1.06. The van der Waals surface area contributed by atoms with E-state index < -0.39 is 35.7 Å². The normalized spacial score (nSPS) is 15.8. The van der Waals surface area contributed by atoms with Gasteiger partial charge in [-0.2, -0.15) is 0 Å². The van der Waals surface area contributed by atoms with Gasteiger partial charge in [0.1, 0.15) is 11.6 Å². The number of carbonyl (C=O) groups is 3. The van der Waals surface area contributed by atoms with Gasteiger partial charge in [0.2, 0.25) is 5.91 Å². The van der Waals surface area contributed by atoms with Gasteiger partial charge in [-0.15, -0.1) is 0 Å². The Labute approximate surface area is 240 Å². The first-order valence-corrected chi connectivity index (χ1v) is 13.0. The van der Waals surface area contributed by atoms with Gasteiger partial charge in [-0.3, -0.25) is 14.7 Å². The first-order chi connectivity index (χ1) is 19.6. The molecule has 1 aliphatic heterocycles. The third-order valence-corrected chi connectivity index (χ3v) is 6.71. The van der Waals surface area contributed by atoms with Gasteiger partial charge in [0, 0.05) is 5.02 Å². The van der Waals surface area contributed by atoms with Crippen LogP contribution in [0.25, 0.3) is 0 Å². The minimum absolute atomic E-state index is 0.0413. The number of hydrogen-bond acceptors (Lipinski definition) is 7. The number of nitrogens with zero attached hydrogens (tertiary/aromatic N) is 2. The van der Waals surface area contributed by atoms with Crippen LogP contribution in [0.3, 0.4) is 0 Å². The standard InChI is InChI=1S/C29H28ClFN4O6/c1-17(18-3-5-19(6-4-18)28(37)38)33-29(39)35-16-26(34-41-24-10-8-23(31)9-11-24)32-15-21(27(35)36)13-20-14-22(30)7-12-25(20)40-2/h3-12,14,17,21H,13,15-16H2,1-2H3,(H,32,34)(H,33,39)(H,37,38)/t17-,21-/m1/s1. The molecular weight excluding hydrogens is 555 g/mol. The van der Waals surface area contributed by atoms with Crippen molar-refractivity contribution in [3.8, 4) is 11.5 Å². The topological polar surface area (TPSA) is 130 Å². The van der Waals surface area contributed by atoms with Gasteiger partial charge in [-0.05, 0) is 79.1 Å². The van der Waals surface area contributed by atoms with E-state index in [2.05, 4.69) is 15.8 Å². The zero-order valence-corrected chi connectivity index (χ0v) is 23.0. The van der Waals surface area contributed by atoms with E-state index in [1.807, 2.05) is 0 Å². The fourth-order valence-corrected chi connectivity index (χ4v) is 4.43. The van der Waals surface area contributed by atoms with Crippen LogP contribution in [0.2, 0.25) is 5.02 Å². The average Bonchev–Trinajstić information content (AvgIpc) is 3.11. The molecular formula is C29H28ClFN4O6. The molecule has 3 aromatic rings. The van der Waals surface area contributed by atoms with Gasteiger partial charge in [-0.1, -0.05) is 23.7 Å². The Bertz CT molecular complexity index is 1450. The summed E-state index contributed by atoms with van der Waals surface area (Å²) in [6.07, 6.45) is 0.203. The molecule has 0 bridgehead atoms. The molecule has 0 aliphatic carbocycles. The number of ether oxygens (including phenoxy) is 1. The lowest BCUT2D eigenvalue weighted by Gasteiger charge is -2.25. The summed E-state index contributed by atoms with van der Waals surface area (Å²) in [5, 5.41) is 12.4. The van der Waals surface area contributed by atoms with Gasteiger partial charge in [0.25, 0.3) is 0 Å². The number of amidine groups is 1. The van der Waals surface area contributed by atoms with Crippen molar-refractivity contribution < 1.29 is 33.5 Å². The molecule has 0 unspecified atom stereocenters. The van der Waals surface area contributed by atoms with Crippen LogP contribution in [0.15, 0.2) is 71.7 Å². The summed E-state index contributed by atoms with van der Waals surface area (Å²) < 4.78 is 18.7. The molecule has 12 heteroatoms. The molecule has 0 aromatic heterocycles. The molecule has 3 N–H and O–H groups in total. The smallest absolute Gasteiger partial charge is 0.335 e. The number of nitrogens with one attached hydrogen (secondary N) is 2. The average molecular weight is 583 g/mol. The molecule has 4 rings (SSSR count). The van der Waals surface area contributed by atoms with Gasteiger partial charge in [0.15, 0.2) is 11.6 Å². The van der Waals surface area contributed by atoms with Crippen molar-refractivity contribution in [2.24, 2.45) is 10.9 Å². The number of rotatable bonds is 8. The second-order valence-corrected chi connectivity index (χ2v) is 9.76. The number of carbonyl (C=O) groups excluding carboxylic acids is 2. The maximum Gasteiger partial charge on any atom is 0.335 e. The zero-order chi connectivity index (χ0) is 29.5. The van der Waals surface area contributed by atoms with E-state index in [9.17, 15) is 18.8 Å². The summed E-state index contributed by atoms with van der Waals surface area (Å²) in [6, 6.07) is 15.2. The first kappa shape index (κ1) is 29.3. The largest absolute Gasteiger partial charge is 0.496 e. The summed E-state index contributed by atoms with van der Waals surface area (Å²) in [7, 11) is 1.51. The highest BCUT2D eigenvalue weighted by Gasteiger charge is 2.34. The Morgan fingerprint density at radius 1 is 1.15 bits per heavy atom. The lowest BCUT2D eigenvalue weighted by atomic mass is 9.97. The highest BCUT2D eigenvalue weighted by atomic mass is 35.5. The summed E-state index contributed by atoms with van der Waals surface area (Å²) in [6.45, 7) is 1.54. The third kappa shape index (κ3) is 7.52. The van der Waals surface area contributed by atoms with Crippen molar-refractivity contribution in [1.82, 2.24) is 15.7 Å². The minimum Gasteiger partial charge on any atom is -0.496 e. The van der Waals surface area contributed by atoms with Crippen LogP contribution in [-0.2, 0) is 11.2 Å². The first-order valence-electron chi connectivity index (χ1n) is 12.6. The highest BCUT2D eigenvalue weighted by molar-refractivity contribution is 6.30. The second-order valence-electron chi connectivity index (χ2n) is 9.33. The van der Waals surface area contributed by atoms with Gasteiger partial charge in [0.05, 0.1) is 37.7 Å². The summed E-state index contributed by atoms with van der Waals surface area (Å²) >= 11 is 6.19. The third-order valence-electron chi connectivity index (χ3n) is 6.48. The maximum absolute atomic E-state index is 13.7. The zero-order valence-electron chi connectivity index (χ0n) is 22.3. The number of carboxylic acids is 1. The summed E-state index contributed by atoms with van der Waals surface area (Å²) in [5.41, 5.74) is 4.12. The number of methoxy groups -OCH3 is 1. The van der Waals surface area contributed by atoms with E-state index in [-0.39, 0.29) is 30.9 Å². The molecule has 0 radical (unpaired) electrons. The van der Waals surface area contributed by atoms with Crippen LogP contribution in [0.4, 0.5) is 9.18 Å². The van der Waals surface area contributed by atoms with Crippen molar-refractivity contribution >= 4 is 35.3 Å². The molecule has 0 fully saturated rings. The van der Waals surface area contributed by atoms with Gasteiger partial charge in [-0.25, -0.2) is 19.5 Å². The molecule has 2 atom stereocenters. The van der Waals surface area contributed by atoms with Crippen LogP contribution < -0.4 is 20.4 Å². The molecule has 1 aliphatic rings. The number of aromatic carboxylic acids is 1. The number of urea groups is 1. The lowest BCUT2D eigenvalue weighted by molar-refractivity contribution is -0.131. The molecule has 3 aromatic carbocycles. The fraction of sp³-hybridized carbons (Fsp3) is 0.241. The monoisotopic (exact) mass is 582 g/mol. The Hall–Kier alpha value is -4.64. The quantitative estimate of drug-likeness (QED) is 0.330. The molecule has 0 saturated carbocycles. The second kappa shape index (κ2) is 13.1. The number of benzene rings is 3. The van der Waals surface area contributed by atoms with Gasteiger partial charge >= 0.3 is 12.0 Å². The fourth-order valence-electron chi connectivity index (χ4n) is 4.24. The van der Waals surface area contributed by atoms with E-state index in [4.69, 9.17) is 26.3 Å².